The molecule has 0 nitrogen and oxygen atoms in total. The van der Waals surface area contributed by atoms with E-state index in [1.54, 1.807) is 0 Å². The van der Waals surface area contributed by atoms with Crippen LogP contribution in [0.4, 0.5) is 0 Å². The average Bonchev–Trinajstić information content (AvgIpc) is 0.811. The molecule has 26 valence electrons. The van der Waals surface area contributed by atoms with E-state index in [1.807, 2.05) is 0 Å². The predicted octanol–water partition coefficient (Wildman–Crippen LogP) is 1.62. The monoisotopic (exact) mass is 534 g/mol. The smallest absolute Gasteiger partial charge is 0 e. The van der Waals surface area contributed by atoms with E-state index in [-0.39, 0.29) is 68.9 Å². The van der Waals surface area contributed by atoms with Crippen molar-refractivity contribution in [2.24, 2.45) is 0 Å². The van der Waals surface area contributed by atoms with Crippen LogP contribution < -0.4 is 0 Å². The van der Waals surface area contributed by atoms with Gasteiger partial charge in [-0.15, -0.1) is 0 Å². The van der Waals surface area contributed by atoms with Gasteiger partial charge in [-0.2, -0.15) is 0 Å². The Hall–Kier alpha value is 4.22. The van der Waals surface area contributed by atoms with Gasteiger partial charge >= 0.3 is 48.9 Å². The van der Waals surface area contributed by atoms with E-state index < -0.39 is 16.7 Å². The van der Waals surface area contributed by atoms with Crippen molar-refractivity contribution < 1.29 is 0 Å². The van der Waals surface area contributed by atoms with Crippen LogP contribution in [0, 0.1) is 0 Å². The van der Waals surface area contributed by atoms with Gasteiger partial charge < -0.3 is 0 Å². The van der Waals surface area contributed by atoms with Crippen molar-refractivity contribution in [3.05, 3.63) is 0 Å². The van der Waals surface area contributed by atoms with Crippen molar-refractivity contribution in [1.29, 1.82) is 0 Å². The first kappa shape index (κ1) is 12.0. The first-order valence-corrected chi connectivity index (χ1v) is 22.2. The van der Waals surface area contributed by atoms with E-state index in [0.717, 1.165) is 0 Å². The Bertz CT molecular complexity index is 14.4. The van der Waals surface area contributed by atoms with Gasteiger partial charge in [0.25, 0.3) is 0 Å². The van der Waals surface area contributed by atoms with E-state index >= 15 is 0 Å². The summed E-state index contributed by atoms with van der Waals surface area (Å²) in [5.41, 5.74) is 0. The molecule has 0 aliphatic rings. The molecule has 0 saturated carbocycles. The Morgan fingerprint density at radius 2 is 1.40 bits per heavy atom. The summed E-state index contributed by atoms with van der Waals surface area (Å²) in [5.74, 6) is 0. The zero-order valence-corrected chi connectivity index (χ0v) is 16.7. The summed E-state index contributed by atoms with van der Waals surface area (Å²) in [6.07, 6.45) is 0. The normalized spacial score (nSPS) is 7.20. The Labute approximate surface area is 113 Å². The summed E-state index contributed by atoms with van der Waals surface area (Å²) in [6.45, 7) is 0. The van der Waals surface area contributed by atoms with Gasteiger partial charge in [0, 0.05) is 68.9 Å². The summed E-state index contributed by atoms with van der Waals surface area (Å²) < 4.78 is 0. The van der Waals surface area contributed by atoms with Crippen LogP contribution in [-0.2, 0) is 0 Å². The maximum atomic E-state index is 5.32. The van der Waals surface area contributed by atoms with Crippen LogP contribution in [-0.4, -0.2) is 85.6 Å². The minimum atomic E-state index is -1.56. The maximum Gasteiger partial charge on any atom is 0 e. The Balaban J connectivity index is 0. The Morgan fingerprint density at radius 3 is 1.40 bits per heavy atom. The fourth-order valence-electron chi connectivity index (χ4n) is 0. The molecule has 0 N–H and O–H groups in total. The minimum Gasteiger partial charge on any atom is 0 e. The van der Waals surface area contributed by atoms with Crippen LogP contribution in [0.3, 0.4) is 0 Å². The van der Waals surface area contributed by atoms with E-state index in [2.05, 4.69) is 24.0 Å². The van der Waals surface area contributed by atoms with Gasteiger partial charge in [0.2, 0.25) is 0 Å². The molecule has 0 bridgehead atoms. The molecule has 0 aromatic carbocycles. The molecule has 0 fully saturated rings. The molecule has 0 unspecified atom stereocenters. The van der Waals surface area contributed by atoms with Crippen LogP contribution >= 0.6 is 32.3 Å². The predicted molar refractivity (Wildman–Crippen MR) is 35.2 cm³/mol. The first-order chi connectivity index (χ1) is 1.73. The van der Waals surface area contributed by atoms with Crippen molar-refractivity contribution in [2.45, 2.75) is 0 Å². The molecule has 5 heavy (non-hydrogen) atoms. The van der Waals surface area contributed by atoms with E-state index in [4.69, 9.17) is 8.32 Å². The molecule has 0 heterocycles. The van der Waals surface area contributed by atoms with E-state index in [0.29, 0.717) is 0 Å². The van der Waals surface area contributed by atoms with Gasteiger partial charge in [-0.25, -0.2) is 0 Å². The number of hydrogen-bond donors (Lipinski definition) is 0. The fraction of sp³-hybridized carbons (Fsp3) is 0. The zero-order valence-electron chi connectivity index (χ0n) is 2.63. The summed E-state index contributed by atoms with van der Waals surface area (Å²) in [7, 11) is 5.32. The van der Waals surface area contributed by atoms with Crippen molar-refractivity contribution in [3.8, 4) is 0 Å². The van der Waals surface area contributed by atoms with Crippen LogP contribution in [0.25, 0.3) is 0 Å². The van der Waals surface area contributed by atoms with Gasteiger partial charge in [-0.3, -0.25) is 0 Å². The number of halogens is 3. The van der Waals surface area contributed by atoms with Gasteiger partial charge in [-0.05, 0) is 0 Å². The summed E-state index contributed by atoms with van der Waals surface area (Å²) in [6, 6.07) is 0. The molecule has 0 aromatic rings. The zero-order chi connectivity index (χ0) is 3.58. The quantitative estimate of drug-likeness (QED) is 0.414. The van der Waals surface area contributed by atoms with E-state index in [9.17, 15) is 0 Å². The third-order valence-electron chi connectivity index (χ3n) is 0. The standard InChI is InChI=1S/2BrH.ClH.Cs.Pb/h3*1H;;/q;;;;+3/p-3. The second-order valence-corrected chi connectivity index (χ2v) is 36.5. The van der Waals surface area contributed by atoms with Gasteiger partial charge in [-0.1, -0.05) is 0 Å². The number of hydrogen-bond acceptors (Lipinski definition) is 0. The van der Waals surface area contributed by atoms with Crippen LogP contribution in [0.1, 0.15) is 0 Å². The summed E-state index contributed by atoms with van der Waals surface area (Å²) in [4.78, 5) is 0. The van der Waals surface area contributed by atoms with E-state index in [1.165, 1.54) is 0 Å². The SMILES string of the molecule is [Cl][Pb]([Br])[Br].[Cs]. The molecule has 0 aliphatic carbocycles. The van der Waals surface area contributed by atoms with Gasteiger partial charge in [0.05, 0.1) is 0 Å². The van der Waals surface area contributed by atoms with Gasteiger partial charge in [0.15, 0.2) is 0 Å². The third-order valence-corrected chi connectivity index (χ3v) is 0. The van der Waals surface area contributed by atoms with Crippen molar-refractivity contribution >= 4 is 118 Å². The molecule has 0 saturated heterocycles. The molecule has 0 amide bonds. The fourth-order valence-corrected chi connectivity index (χ4v) is 0. The minimum absolute atomic E-state index is 0. The summed E-state index contributed by atoms with van der Waals surface area (Å²) >= 11 is 4.77. The molecular formula is Br2ClCsPb. The largest absolute Gasteiger partial charge is 0 e. The topological polar surface area (TPSA) is 0 Å². The second-order valence-electron chi connectivity index (χ2n) is 0.214. The van der Waals surface area contributed by atoms with Gasteiger partial charge in [0.1, 0.15) is 0 Å². The summed E-state index contributed by atoms with van der Waals surface area (Å²) in [5, 5.41) is 0. The first-order valence-electron chi connectivity index (χ1n) is 0.567. The Morgan fingerprint density at radius 1 is 1.40 bits per heavy atom. The molecule has 5 heteroatoms. The molecule has 0 spiro atoms. The van der Waals surface area contributed by atoms with Crippen LogP contribution in [0.2, 0.25) is 0 Å². The molecular weight excluding hydrogens is 535 g/mol. The second kappa shape index (κ2) is 8.22. The Kier molecular flexibility index (Phi) is 19.7. The van der Waals surface area contributed by atoms with Crippen molar-refractivity contribution in [1.82, 2.24) is 0 Å². The third kappa shape index (κ3) is 17.9. The molecule has 0 aliphatic heterocycles. The van der Waals surface area contributed by atoms with Crippen LogP contribution in [0.5, 0.6) is 0 Å². The molecule has 0 aromatic heterocycles. The number of rotatable bonds is 0. The van der Waals surface area contributed by atoms with Crippen LogP contribution in [0.15, 0.2) is 0 Å². The molecule has 0 rings (SSSR count). The average molecular weight is 535 g/mol. The maximum absolute atomic E-state index is 5.32. The molecule has 2 radical (unpaired) electrons. The van der Waals surface area contributed by atoms with Crippen molar-refractivity contribution in [2.75, 3.05) is 0 Å². The molecule has 0 atom stereocenters. The van der Waals surface area contributed by atoms with Crippen molar-refractivity contribution in [3.63, 3.8) is 0 Å².